The van der Waals surface area contributed by atoms with Crippen molar-refractivity contribution < 1.29 is 9.47 Å². The average Bonchev–Trinajstić information content (AvgIpc) is 2.97. The Morgan fingerprint density at radius 3 is 2.62 bits per heavy atom. The predicted molar refractivity (Wildman–Crippen MR) is 84.7 cm³/mol. The van der Waals surface area contributed by atoms with Crippen LogP contribution < -0.4 is 10.1 Å². The first kappa shape index (κ1) is 15.6. The zero-order chi connectivity index (χ0) is 14.9. The molecule has 0 aliphatic carbocycles. The SMILES string of the molecule is COCCNCc1cccn1CCc1ccc(OC)cc1. The lowest BCUT2D eigenvalue weighted by molar-refractivity contribution is 0.199. The second kappa shape index (κ2) is 8.49. The van der Waals surface area contributed by atoms with E-state index in [0.717, 1.165) is 38.4 Å². The lowest BCUT2D eigenvalue weighted by Crippen LogP contribution is -2.20. The van der Waals surface area contributed by atoms with Crippen molar-refractivity contribution >= 4 is 0 Å². The van der Waals surface area contributed by atoms with Crippen LogP contribution in [0.3, 0.4) is 0 Å². The lowest BCUT2D eigenvalue weighted by atomic mass is 10.1. The summed E-state index contributed by atoms with van der Waals surface area (Å²) in [5.74, 6) is 0.905. The summed E-state index contributed by atoms with van der Waals surface area (Å²) < 4.78 is 12.5. The molecule has 0 unspecified atom stereocenters. The van der Waals surface area contributed by atoms with Gasteiger partial charge in [-0.3, -0.25) is 0 Å². The highest BCUT2D eigenvalue weighted by Gasteiger charge is 2.01. The molecule has 0 atom stereocenters. The third-order valence-electron chi connectivity index (χ3n) is 3.51. The zero-order valence-corrected chi connectivity index (χ0v) is 12.8. The van der Waals surface area contributed by atoms with Crippen LogP contribution in [0.1, 0.15) is 11.3 Å². The van der Waals surface area contributed by atoms with Crippen LogP contribution in [0, 0.1) is 0 Å². The van der Waals surface area contributed by atoms with Crippen LogP contribution in [-0.2, 0) is 24.2 Å². The summed E-state index contributed by atoms with van der Waals surface area (Å²) in [5, 5.41) is 3.38. The third-order valence-corrected chi connectivity index (χ3v) is 3.51. The lowest BCUT2D eigenvalue weighted by Gasteiger charge is -2.10. The number of rotatable bonds is 9. The standard InChI is InChI=1S/C17H24N2O2/c1-20-13-10-18-14-16-4-3-11-19(16)12-9-15-5-7-17(21-2)8-6-15/h3-8,11,18H,9-10,12-14H2,1-2H3. The van der Waals surface area contributed by atoms with E-state index in [2.05, 4.69) is 40.3 Å². The number of aromatic nitrogens is 1. The summed E-state index contributed by atoms with van der Waals surface area (Å²) in [6, 6.07) is 12.5. The van der Waals surface area contributed by atoms with Gasteiger partial charge in [0.25, 0.3) is 0 Å². The van der Waals surface area contributed by atoms with Crippen molar-refractivity contribution in [2.75, 3.05) is 27.4 Å². The molecule has 1 aromatic heterocycles. The maximum Gasteiger partial charge on any atom is 0.118 e. The van der Waals surface area contributed by atoms with E-state index < -0.39 is 0 Å². The molecule has 1 aromatic carbocycles. The van der Waals surface area contributed by atoms with E-state index in [1.165, 1.54) is 11.3 Å². The van der Waals surface area contributed by atoms with E-state index in [1.54, 1.807) is 14.2 Å². The van der Waals surface area contributed by atoms with E-state index >= 15 is 0 Å². The van der Waals surface area contributed by atoms with Crippen LogP contribution in [0.2, 0.25) is 0 Å². The topological polar surface area (TPSA) is 35.4 Å². The van der Waals surface area contributed by atoms with Crippen molar-refractivity contribution in [3.8, 4) is 5.75 Å². The molecular formula is C17H24N2O2. The molecule has 0 radical (unpaired) electrons. The minimum absolute atomic E-state index is 0.743. The fraction of sp³-hybridized carbons (Fsp3) is 0.412. The molecule has 4 nitrogen and oxygen atoms in total. The third kappa shape index (κ3) is 4.92. The smallest absolute Gasteiger partial charge is 0.118 e. The van der Waals surface area contributed by atoms with Crippen LogP contribution in [0.25, 0.3) is 0 Å². The van der Waals surface area contributed by atoms with Crippen molar-refractivity contribution in [2.24, 2.45) is 0 Å². The fourth-order valence-electron chi connectivity index (χ4n) is 2.26. The van der Waals surface area contributed by atoms with Gasteiger partial charge >= 0.3 is 0 Å². The van der Waals surface area contributed by atoms with Gasteiger partial charge in [0, 0.05) is 38.6 Å². The molecule has 0 bridgehead atoms. The van der Waals surface area contributed by atoms with E-state index in [1.807, 2.05) is 12.1 Å². The van der Waals surface area contributed by atoms with Crippen molar-refractivity contribution in [1.29, 1.82) is 0 Å². The number of aryl methyl sites for hydroxylation is 2. The van der Waals surface area contributed by atoms with Crippen molar-refractivity contribution in [1.82, 2.24) is 9.88 Å². The Balaban J connectivity index is 1.83. The molecule has 0 saturated heterocycles. The molecule has 0 spiro atoms. The number of methoxy groups -OCH3 is 2. The van der Waals surface area contributed by atoms with Crippen molar-refractivity contribution in [2.45, 2.75) is 19.5 Å². The van der Waals surface area contributed by atoms with Gasteiger partial charge in [0.2, 0.25) is 0 Å². The molecule has 1 heterocycles. The molecule has 2 rings (SSSR count). The van der Waals surface area contributed by atoms with Crippen LogP contribution in [0.5, 0.6) is 5.75 Å². The van der Waals surface area contributed by atoms with Crippen LogP contribution in [0.15, 0.2) is 42.6 Å². The Kier molecular flexibility index (Phi) is 6.31. The Hall–Kier alpha value is -1.78. The molecular weight excluding hydrogens is 264 g/mol. The molecule has 0 fully saturated rings. The number of hydrogen-bond donors (Lipinski definition) is 1. The largest absolute Gasteiger partial charge is 0.497 e. The van der Waals surface area contributed by atoms with Crippen LogP contribution >= 0.6 is 0 Å². The molecule has 0 aliphatic rings. The maximum atomic E-state index is 5.18. The van der Waals surface area contributed by atoms with E-state index in [4.69, 9.17) is 9.47 Å². The normalized spacial score (nSPS) is 10.8. The van der Waals surface area contributed by atoms with Gasteiger partial charge in [-0.1, -0.05) is 12.1 Å². The highest BCUT2D eigenvalue weighted by Crippen LogP contribution is 2.13. The monoisotopic (exact) mass is 288 g/mol. The van der Waals surface area contributed by atoms with Gasteiger partial charge in [0.15, 0.2) is 0 Å². The maximum absolute atomic E-state index is 5.18. The Morgan fingerprint density at radius 2 is 1.90 bits per heavy atom. The summed E-state index contributed by atoms with van der Waals surface area (Å²) in [6.45, 7) is 3.48. The number of benzene rings is 1. The number of ether oxygens (including phenoxy) is 2. The van der Waals surface area contributed by atoms with E-state index in [9.17, 15) is 0 Å². The number of nitrogens with one attached hydrogen (secondary N) is 1. The van der Waals surface area contributed by atoms with Gasteiger partial charge in [-0.25, -0.2) is 0 Å². The van der Waals surface area contributed by atoms with E-state index in [0.29, 0.717) is 0 Å². The van der Waals surface area contributed by atoms with E-state index in [-0.39, 0.29) is 0 Å². The summed E-state index contributed by atoms with van der Waals surface area (Å²) in [7, 11) is 3.41. The highest BCUT2D eigenvalue weighted by atomic mass is 16.5. The first-order valence-electron chi connectivity index (χ1n) is 7.30. The Bertz CT molecular complexity index is 520. The summed E-state index contributed by atoms with van der Waals surface area (Å²) >= 11 is 0. The first-order chi connectivity index (χ1) is 10.3. The second-order valence-corrected chi connectivity index (χ2v) is 4.96. The fourth-order valence-corrected chi connectivity index (χ4v) is 2.26. The minimum atomic E-state index is 0.743. The van der Waals surface area contributed by atoms with Crippen LogP contribution in [0.4, 0.5) is 0 Å². The summed E-state index contributed by atoms with van der Waals surface area (Å²) in [5.41, 5.74) is 2.63. The average molecular weight is 288 g/mol. The number of nitrogens with zero attached hydrogens (tertiary/aromatic N) is 1. The van der Waals surface area contributed by atoms with Gasteiger partial charge in [-0.15, -0.1) is 0 Å². The Labute approximate surface area is 126 Å². The molecule has 21 heavy (non-hydrogen) atoms. The second-order valence-electron chi connectivity index (χ2n) is 4.96. The zero-order valence-electron chi connectivity index (χ0n) is 12.8. The Morgan fingerprint density at radius 1 is 1.10 bits per heavy atom. The van der Waals surface area contributed by atoms with Crippen molar-refractivity contribution in [3.05, 3.63) is 53.9 Å². The van der Waals surface area contributed by atoms with Gasteiger partial charge in [-0.05, 0) is 36.2 Å². The number of hydrogen-bond acceptors (Lipinski definition) is 3. The summed E-state index contributed by atoms with van der Waals surface area (Å²) in [4.78, 5) is 0. The van der Waals surface area contributed by atoms with Gasteiger partial charge in [0.1, 0.15) is 5.75 Å². The van der Waals surface area contributed by atoms with Gasteiger partial charge < -0.3 is 19.4 Å². The van der Waals surface area contributed by atoms with Gasteiger partial charge in [0.05, 0.1) is 13.7 Å². The predicted octanol–water partition coefficient (Wildman–Crippen LogP) is 2.48. The molecule has 114 valence electrons. The quantitative estimate of drug-likeness (QED) is 0.720. The molecule has 2 aromatic rings. The molecule has 4 heteroatoms. The molecule has 1 N–H and O–H groups in total. The van der Waals surface area contributed by atoms with Crippen LogP contribution in [-0.4, -0.2) is 31.9 Å². The van der Waals surface area contributed by atoms with Crippen molar-refractivity contribution in [3.63, 3.8) is 0 Å². The molecule has 0 amide bonds. The molecule has 0 aliphatic heterocycles. The molecule has 0 saturated carbocycles. The first-order valence-corrected chi connectivity index (χ1v) is 7.30. The van der Waals surface area contributed by atoms with Gasteiger partial charge in [-0.2, -0.15) is 0 Å². The minimum Gasteiger partial charge on any atom is -0.497 e. The highest BCUT2D eigenvalue weighted by molar-refractivity contribution is 5.27. The summed E-state index contributed by atoms with van der Waals surface area (Å²) in [6.07, 6.45) is 3.15.